The molecule has 0 N–H and O–H groups in total. The first-order valence-electron chi connectivity index (χ1n) is 6.64. The zero-order valence-corrected chi connectivity index (χ0v) is 11.9. The van der Waals surface area contributed by atoms with Crippen molar-refractivity contribution in [3.05, 3.63) is 34.1 Å². The smallest absolute Gasteiger partial charge is 0.126 e. The summed E-state index contributed by atoms with van der Waals surface area (Å²) in [5.41, 5.74) is 1.44. The molecule has 0 atom stereocenters. The van der Waals surface area contributed by atoms with E-state index in [-0.39, 0.29) is 5.82 Å². The van der Waals surface area contributed by atoms with Gasteiger partial charge in [-0.15, -0.1) is 0 Å². The van der Waals surface area contributed by atoms with Crippen LogP contribution in [0.4, 0.5) is 4.39 Å². The maximum atomic E-state index is 13.6. The molecule has 1 aliphatic heterocycles. The highest BCUT2D eigenvalue weighted by Crippen LogP contribution is 2.25. The number of hydrogen-bond donors (Lipinski definition) is 0. The SMILES string of the molecule is Cc1cc(Cl)c(CN2CCC(CC#N)CC2)cc1F. The lowest BCUT2D eigenvalue weighted by molar-refractivity contribution is 0.179. The number of aryl methyl sites for hydroxylation is 1. The van der Waals surface area contributed by atoms with E-state index in [1.54, 1.807) is 19.1 Å². The molecule has 0 unspecified atom stereocenters. The van der Waals surface area contributed by atoms with E-state index in [0.717, 1.165) is 31.5 Å². The van der Waals surface area contributed by atoms with Crippen molar-refractivity contribution in [3.8, 4) is 6.07 Å². The molecule has 0 amide bonds. The van der Waals surface area contributed by atoms with Gasteiger partial charge in [0.05, 0.1) is 6.07 Å². The lowest BCUT2D eigenvalue weighted by atomic mass is 9.94. The van der Waals surface area contributed by atoms with Gasteiger partial charge in [-0.1, -0.05) is 11.6 Å². The van der Waals surface area contributed by atoms with Crippen LogP contribution in [0.15, 0.2) is 12.1 Å². The summed E-state index contributed by atoms with van der Waals surface area (Å²) in [7, 11) is 0. The molecule has 1 heterocycles. The fourth-order valence-electron chi connectivity index (χ4n) is 2.53. The second kappa shape index (κ2) is 6.36. The summed E-state index contributed by atoms with van der Waals surface area (Å²) in [5.74, 6) is 0.324. The Morgan fingerprint density at radius 2 is 2.11 bits per heavy atom. The Kier molecular flexibility index (Phi) is 4.79. The number of hydrogen-bond acceptors (Lipinski definition) is 2. The first-order valence-corrected chi connectivity index (χ1v) is 7.01. The molecular weight excluding hydrogens is 263 g/mol. The molecular formula is C15H18ClFN2. The fraction of sp³-hybridized carbons (Fsp3) is 0.533. The third-order valence-corrected chi connectivity index (χ3v) is 4.16. The lowest BCUT2D eigenvalue weighted by Crippen LogP contribution is -2.33. The molecule has 0 spiro atoms. The van der Waals surface area contributed by atoms with Gasteiger partial charge in [-0.2, -0.15) is 5.26 Å². The van der Waals surface area contributed by atoms with E-state index in [1.165, 1.54) is 0 Å². The topological polar surface area (TPSA) is 27.0 Å². The van der Waals surface area contributed by atoms with Crippen molar-refractivity contribution >= 4 is 11.6 Å². The molecule has 0 aliphatic carbocycles. The van der Waals surface area contributed by atoms with Gasteiger partial charge >= 0.3 is 0 Å². The summed E-state index contributed by atoms with van der Waals surface area (Å²) in [6, 6.07) is 5.47. The predicted molar refractivity (Wildman–Crippen MR) is 74.4 cm³/mol. The van der Waals surface area contributed by atoms with Crippen LogP contribution in [-0.4, -0.2) is 18.0 Å². The van der Waals surface area contributed by atoms with E-state index >= 15 is 0 Å². The van der Waals surface area contributed by atoms with E-state index in [4.69, 9.17) is 16.9 Å². The molecule has 1 aromatic rings. The summed E-state index contributed by atoms with van der Waals surface area (Å²) < 4.78 is 13.6. The molecule has 1 saturated heterocycles. The highest BCUT2D eigenvalue weighted by Gasteiger charge is 2.19. The van der Waals surface area contributed by atoms with Crippen molar-refractivity contribution < 1.29 is 4.39 Å². The largest absolute Gasteiger partial charge is 0.299 e. The molecule has 0 aromatic heterocycles. The summed E-state index contributed by atoms with van der Waals surface area (Å²) in [6.07, 6.45) is 2.73. The Labute approximate surface area is 118 Å². The van der Waals surface area contributed by atoms with Gasteiger partial charge in [0, 0.05) is 18.0 Å². The second-order valence-corrected chi connectivity index (χ2v) is 5.68. The highest BCUT2D eigenvalue weighted by molar-refractivity contribution is 6.31. The van der Waals surface area contributed by atoms with Crippen LogP contribution in [0, 0.1) is 30.0 Å². The van der Waals surface area contributed by atoms with E-state index in [0.29, 0.717) is 29.5 Å². The van der Waals surface area contributed by atoms with Crippen LogP contribution in [0.2, 0.25) is 5.02 Å². The molecule has 0 bridgehead atoms. The van der Waals surface area contributed by atoms with Crippen LogP contribution in [0.5, 0.6) is 0 Å². The van der Waals surface area contributed by atoms with Gasteiger partial charge in [0.15, 0.2) is 0 Å². The summed E-state index contributed by atoms with van der Waals surface area (Å²) in [5, 5.41) is 9.33. The van der Waals surface area contributed by atoms with Gasteiger partial charge in [0.2, 0.25) is 0 Å². The Bertz CT molecular complexity index is 488. The lowest BCUT2D eigenvalue weighted by Gasteiger charge is -2.31. The molecule has 19 heavy (non-hydrogen) atoms. The van der Waals surface area contributed by atoms with Gasteiger partial charge in [-0.25, -0.2) is 4.39 Å². The highest BCUT2D eigenvalue weighted by atomic mass is 35.5. The number of nitrogens with zero attached hydrogens (tertiary/aromatic N) is 2. The number of rotatable bonds is 3. The Balaban J connectivity index is 1.96. The van der Waals surface area contributed by atoms with Crippen molar-refractivity contribution in [1.29, 1.82) is 5.26 Å². The first-order chi connectivity index (χ1) is 9.10. The van der Waals surface area contributed by atoms with Gasteiger partial charge in [-0.05, 0) is 62.0 Å². The average molecular weight is 281 g/mol. The van der Waals surface area contributed by atoms with Crippen LogP contribution in [-0.2, 0) is 6.54 Å². The van der Waals surface area contributed by atoms with Crippen LogP contribution in [0.25, 0.3) is 0 Å². The minimum atomic E-state index is -0.196. The number of piperidine rings is 1. The van der Waals surface area contributed by atoms with E-state index in [2.05, 4.69) is 11.0 Å². The third-order valence-electron chi connectivity index (χ3n) is 3.81. The molecule has 2 rings (SSSR count). The van der Waals surface area contributed by atoms with Crippen LogP contribution >= 0.6 is 11.6 Å². The molecule has 0 saturated carbocycles. The van der Waals surface area contributed by atoms with E-state index < -0.39 is 0 Å². The van der Waals surface area contributed by atoms with Crippen molar-refractivity contribution in [2.24, 2.45) is 5.92 Å². The number of benzene rings is 1. The van der Waals surface area contributed by atoms with Crippen molar-refractivity contribution in [1.82, 2.24) is 4.90 Å². The first kappa shape index (κ1) is 14.3. The third kappa shape index (κ3) is 3.68. The van der Waals surface area contributed by atoms with Crippen LogP contribution in [0.1, 0.15) is 30.4 Å². The predicted octanol–water partition coefficient (Wildman–Crippen LogP) is 3.91. The quantitative estimate of drug-likeness (QED) is 0.839. The van der Waals surface area contributed by atoms with Crippen molar-refractivity contribution in [3.63, 3.8) is 0 Å². The molecule has 4 heteroatoms. The van der Waals surface area contributed by atoms with Crippen LogP contribution in [0.3, 0.4) is 0 Å². The van der Waals surface area contributed by atoms with Crippen molar-refractivity contribution in [2.45, 2.75) is 32.7 Å². The second-order valence-electron chi connectivity index (χ2n) is 5.27. The molecule has 1 aliphatic rings. The minimum Gasteiger partial charge on any atom is -0.299 e. The molecule has 0 radical (unpaired) electrons. The fourth-order valence-corrected chi connectivity index (χ4v) is 2.81. The number of halogens is 2. The van der Waals surface area contributed by atoms with Gasteiger partial charge in [-0.3, -0.25) is 4.90 Å². The maximum Gasteiger partial charge on any atom is 0.126 e. The molecule has 1 aromatic carbocycles. The Morgan fingerprint density at radius 1 is 1.42 bits per heavy atom. The Morgan fingerprint density at radius 3 is 2.74 bits per heavy atom. The average Bonchev–Trinajstić information content (AvgIpc) is 2.38. The zero-order valence-electron chi connectivity index (χ0n) is 11.1. The Hall–Kier alpha value is -1.11. The number of likely N-dealkylation sites (tertiary alicyclic amines) is 1. The number of nitriles is 1. The minimum absolute atomic E-state index is 0.196. The molecule has 102 valence electrons. The van der Waals surface area contributed by atoms with E-state index in [1.807, 2.05) is 0 Å². The monoisotopic (exact) mass is 280 g/mol. The molecule has 2 nitrogen and oxygen atoms in total. The maximum absolute atomic E-state index is 13.6. The normalized spacial score (nSPS) is 17.4. The molecule has 1 fully saturated rings. The van der Waals surface area contributed by atoms with Gasteiger partial charge in [0.1, 0.15) is 5.82 Å². The van der Waals surface area contributed by atoms with Gasteiger partial charge in [0.25, 0.3) is 0 Å². The van der Waals surface area contributed by atoms with Crippen molar-refractivity contribution in [2.75, 3.05) is 13.1 Å². The van der Waals surface area contributed by atoms with E-state index in [9.17, 15) is 4.39 Å². The zero-order chi connectivity index (χ0) is 13.8. The van der Waals surface area contributed by atoms with Crippen LogP contribution < -0.4 is 0 Å². The summed E-state index contributed by atoms with van der Waals surface area (Å²) >= 11 is 6.16. The van der Waals surface area contributed by atoms with Gasteiger partial charge < -0.3 is 0 Å². The standard InChI is InChI=1S/C15H18ClFN2/c1-11-8-14(16)13(9-15(11)17)10-19-6-3-12(2-5-18)4-7-19/h8-9,12H,2-4,6-7,10H2,1H3. The summed E-state index contributed by atoms with van der Waals surface area (Å²) in [4.78, 5) is 2.28. The summed E-state index contributed by atoms with van der Waals surface area (Å²) in [6.45, 7) is 4.32.